The summed E-state index contributed by atoms with van der Waals surface area (Å²) in [6.07, 6.45) is 0. The second-order valence-corrected chi connectivity index (χ2v) is 3.87. The molecule has 1 rings (SSSR count). The first-order chi connectivity index (χ1) is 9.04. The third kappa shape index (κ3) is 3.34. The zero-order chi connectivity index (χ0) is 14.4. The van der Waals surface area contributed by atoms with Crippen LogP contribution >= 0.6 is 0 Å². The molecule has 7 nitrogen and oxygen atoms in total. The monoisotopic (exact) mass is 266 g/mol. The van der Waals surface area contributed by atoms with Crippen LogP contribution in [0.1, 0.15) is 6.92 Å². The minimum Gasteiger partial charge on any atom is -0.382 e. The van der Waals surface area contributed by atoms with E-state index < -0.39 is 4.92 Å². The third-order valence-electron chi connectivity index (χ3n) is 2.80. The number of hydrogen-bond donors (Lipinski definition) is 2. The first-order valence-electron chi connectivity index (χ1n) is 5.95. The van der Waals surface area contributed by atoms with Gasteiger partial charge in [-0.1, -0.05) is 6.07 Å². The number of nitrogens with one attached hydrogen (secondary N) is 2. The number of para-hydroxylation sites is 1. The summed E-state index contributed by atoms with van der Waals surface area (Å²) in [4.78, 5) is 23.9. The lowest BCUT2D eigenvalue weighted by atomic mass is 10.2. The molecule has 0 bridgehead atoms. The molecule has 1 aromatic rings. The van der Waals surface area contributed by atoms with Crippen LogP contribution in [-0.2, 0) is 4.79 Å². The molecule has 0 atom stereocenters. The fraction of sp³-hybridized carbons (Fsp3) is 0.417. The van der Waals surface area contributed by atoms with Crippen LogP contribution < -0.4 is 15.5 Å². The summed E-state index contributed by atoms with van der Waals surface area (Å²) < 4.78 is 0. The lowest BCUT2D eigenvalue weighted by Crippen LogP contribution is -2.35. The van der Waals surface area contributed by atoms with E-state index in [1.165, 1.54) is 7.05 Å². The van der Waals surface area contributed by atoms with Gasteiger partial charge in [-0.25, -0.2) is 0 Å². The molecule has 0 heterocycles. The van der Waals surface area contributed by atoms with Gasteiger partial charge in [0.05, 0.1) is 11.5 Å². The Hall–Kier alpha value is -2.31. The smallest absolute Gasteiger partial charge is 0.315 e. The molecule has 7 heteroatoms. The van der Waals surface area contributed by atoms with Gasteiger partial charge in [-0.3, -0.25) is 14.9 Å². The van der Waals surface area contributed by atoms with Crippen molar-refractivity contribution in [3.05, 3.63) is 28.3 Å². The van der Waals surface area contributed by atoms with Gasteiger partial charge in [0.2, 0.25) is 5.91 Å². The van der Waals surface area contributed by atoms with E-state index in [-0.39, 0.29) is 18.1 Å². The predicted molar refractivity (Wildman–Crippen MR) is 74.6 cm³/mol. The second kappa shape index (κ2) is 6.58. The summed E-state index contributed by atoms with van der Waals surface area (Å²) >= 11 is 0. The molecule has 0 fully saturated rings. The van der Waals surface area contributed by atoms with Crippen molar-refractivity contribution in [2.75, 3.05) is 37.4 Å². The lowest BCUT2D eigenvalue weighted by Gasteiger charge is -2.22. The van der Waals surface area contributed by atoms with Gasteiger partial charge in [0, 0.05) is 20.6 Å². The molecule has 0 aliphatic heterocycles. The third-order valence-corrected chi connectivity index (χ3v) is 2.80. The topological polar surface area (TPSA) is 87.5 Å². The highest BCUT2D eigenvalue weighted by atomic mass is 16.6. The van der Waals surface area contributed by atoms with Crippen LogP contribution in [0.3, 0.4) is 0 Å². The summed E-state index contributed by atoms with van der Waals surface area (Å²) in [5.41, 5.74) is 0.844. The SMILES string of the molecule is CCN(CC(=O)NC)c1cccc(NC)c1[N+](=O)[O-]. The van der Waals surface area contributed by atoms with Gasteiger partial charge in [-0.05, 0) is 19.1 Å². The van der Waals surface area contributed by atoms with Gasteiger partial charge in [0.15, 0.2) is 0 Å². The van der Waals surface area contributed by atoms with Gasteiger partial charge in [0.1, 0.15) is 11.4 Å². The van der Waals surface area contributed by atoms with Gasteiger partial charge >= 0.3 is 5.69 Å². The molecular formula is C12H18N4O3. The molecule has 0 spiro atoms. The normalized spacial score (nSPS) is 9.84. The Morgan fingerprint density at radius 1 is 1.42 bits per heavy atom. The van der Waals surface area contributed by atoms with Crippen LogP contribution in [0.4, 0.5) is 17.1 Å². The fourth-order valence-electron chi connectivity index (χ4n) is 1.80. The highest BCUT2D eigenvalue weighted by molar-refractivity contribution is 5.84. The number of nitro benzene ring substituents is 1. The number of nitro groups is 1. The van der Waals surface area contributed by atoms with Crippen molar-refractivity contribution >= 4 is 23.0 Å². The Labute approximate surface area is 111 Å². The largest absolute Gasteiger partial charge is 0.382 e. The molecule has 104 valence electrons. The van der Waals surface area contributed by atoms with Gasteiger partial charge in [-0.2, -0.15) is 0 Å². The van der Waals surface area contributed by atoms with Crippen molar-refractivity contribution < 1.29 is 9.72 Å². The van der Waals surface area contributed by atoms with Gasteiger partial charge in [0.25, 0.3) is 0 Å². The molecule has 0 aromatic heterocycles. The molecule has 0 aliphatic carbocycles. The predicted octanol–water partition coefficient (Wildman–Crippen LogP) is 1.21. The quantitative estimate of drug-likeness (QED) is 0.597. The number of rotatable bonds is 6. The lowest BCUT2D eigenvalue weighted by molar-refractivity contribution is -0.383. The van der Waals surface area contributed by atoms with Crippen LogP contribution in [-0.4, -0.2) is 38.0 Å². The molecule has 2 N–H and O–H groups in total. The number of nitrogens with zero attached hydrogens (tertiary/aromatic N) is 2. The number of likely N-dealkylation sites (N-methyl/N-ethyl adjacent to an activating group) is 2. The van der Waals surface area contributed by atoms with E-state index in [1.807, 2.05) is 6.92 Å². The molecule has 0 saturated carbocycles. The molecule has 19 heavy (non-hydrogen) atoms. The minimum absolute atomic E-state index is 0.0178. The molecule has 0 unspecified atom stereocenters. The van der Waals surface area contributed by atoms with Crippen molar-refractivity contribution in [3.8, 4) is 0 Å². The average molecular weight is 266 g/mol. The summed E-state index contributed by atoms with van der Waals surface area (Å²) in [5, 5.41) is 16.5. The van der Waals surface area contributed by atoms with E-state index in [0.717, 1.165) is 0 Å². The summed E-state index contributed by atoms with van der Waals surface area (Å²) in [5.74, 6) is -0.189. The van der Waals surface area contributed by atoms with Crippen LogP contribution in [0.15, 0.2) is 18.2 Å². The number of anilines is 2. The molecule has 1 amide bonds. The molecule has 0 saturated heterocycles. The van der Waals surface area contributed by atoms with Crippen LogP contribution in [0.25, 0.3) is 0 Å². The number of benzene rings is 1. The van der Waals surface area contributed by atoms with E-state index in [9.17, 15) is 14.9 Å². The minimum atomic E-state index is -0.437. The summed E-state index contributed by atoms with van der Waals surface area (Å²) in [6, 6.07) is 5.00. The maximum Gasteiger partial charge on any atom is 0.315 e. The maximum atomic E-state index is 11.5. The standard InChI is InChI=1S/C12H18N4O3/c1-4-15(8-11(17)14-3)10-7-5-6-9(13-2)12(10)16(18)19/h5-7,13H,4,8H2,1-3H3,(H,14,17). The first kappa shape index (κ1) is 14.7. The van der Waals surface area contributed by atoms with Crippen LogP contribution in [0, 0.1) is 10.1 Å². The fourth-order valence-corrected chi connectivity index (χ4v) is 1.80. The average Bonchev–Trinajstić information content (AvgIpc) is 2.43. The summed E-state index contributed by atoms with van der Waals surface area (Å²) in [6.45, 7) is 2.43. The molecular weight excluding hydrogens is 248 g/mol. The zero-order valence-electron chi connectivity index (χ0n) is 11.3. The molecule has 0 radical (unpaired) electrons. The Balaban J connectivity index is 3.23. The van der Waals surface area contributed by atoms with Crippen molar-refractivity contribution in [1.82, 2.24) is 5.32 Å². The Morgan fingerprint density at radius 2 is 2.11 bits per heavy atom. The van der Waals surface area contributed by atoms with E-state index in [0.29, 0.717) is 17.9 Å². The number of amides is 1. The second-order valence-electron chi connectivity index (χ2n) is 3.87. The molecule has 1 aromatic carbocycles. The van der Waals surface area contributed by atoms with Crippen molar-refractivity contribution in [1.29, 1.82) is 0 Å². The highest BCUT2D eigenvalue weighted by Crippen LogP contribution is 2.34. The van der Waals surface area contributed by atoms with E-state index in [1.54, 1.807) is 30.1 Å². The highest BCUT2D eigenvalue weighted by Gasteiger charge is 2.23. The van der Waals surface area contributed by atoms with Gasteiger partial charge < -0.3 is 15.5 Å². The van der Waals surface area contributed by atoms with Crippen LogP contribution in [0.5, 0.6) is 0 Å². The number of carbonyl (C=O) groups excluding carboxylic acids is 1. The van der Waals surface area contributed by atoms with Gasteiger partial charge in [-0.15, -0.1) is 0 Å². The summed E-state index contributed by atoms with van der Waals surface area (Å²) in [7, 11) is 3.16. The Bertz CT molecular complexity index is 476. The number of carbonyl (C=O) groups is 1. The maximum absolute atomic E-state index is 11.5. The van der Waals surface area contributed by atoms with Crippen LogP contribution in [0.2, 0.25) is 0 Å². The first-order valence-corrected chi connectivity index (χ1v) is 5.95. The Morgan fingerprint density at radius 3 is 2.58 bits per heavy atom. The van der Waals surface area contributed by atoms with Crippen molar-refractivity contribution in [2.45, 2.75) is 6.92 Å². The zero-order valence-corrected chi connectivity index (χ0v) is 11.3. The van der Waals surface area contributed by atoms with Crippen molar-refractivity contribution in [3.63, 3.8) is 0 Å². The Kier molecular flexibility index (Phi) is 5.11. The number of hydrogen-bond acceptors (Lipinski definition) is 5. The molecule has 0 aliphatic rings. The van der Waals surface area contributed by atoms with E-state index in [2.05, 4.69) is 10.6 Å². The van der Waals surface area contributed by atoms with E-state index >= 15 is 0 Å². The van der Waals surface area contributed by atoms with Crippen molar-refractivity contribution in [2.24, 2.45) is 0 Å². The van der Waals surface area contributed by atoms with E-state index in [4.69, 9.17) is 0 Å².